The first-order chi connectivity index (χ1) is 23.7. The van der Waals surface area contributed by atoms with Gasteiger partial charge in [0.1, 0.15) is 11.2 Å². The summed E-state index contributed by atoms with van der Waals surface area (Å²) in [6, 6.07) is 53.4. The van der Waals surface area contributed by atoms with E-state index < -0.39 is 0 Å². The van der Waals surface area contributed by atoms with Gasteiger partial charge in [-0.1, -0.05) is 145 Å². The summed E-state index contributed by atoms with van der Waals surface area (Å²) in [5.74, 6) is 1.73. The zero-order valence-corrected chi connectivity index (χ0v) is 26.4. The molecule has 0 aliphatic carbocycles. The van der Waals surface area contributed by atoms with E-state index in [1.54, 1.807) is 0 Å². The molecule has 5 heteroatoms. The van der Waals surface area contributed by atoms with Crippen LogP contribution in [0.15, 0.2) is 162 Å². The zero-order valence-electron chi connectivity index (χ0n) is 25.6. The number of benzene rings is 7. The van der Waals surface area contributed by atoms with Crippen LogP contribution < -0.4 is 0 Å². The smallest absolute Gasteiger partial charge is 0.165 e. The standard InChI is InChI=1S/C43H26ClN3O/c44-30-23-24-37-36(26-30)39-38(48-37)25-29-17-7-8-20-33(29)40(39)43-46-41(34-21-11-9-18-31(34)27-13-3-1-4-14-27)45-42(47-43)35-22-12-10-19-32(35)28-15-5-2-6-16-28/h1-26H. The lowest BCUT2D eigenvalue weighted by atomic mass is 9.96. The molecule has 0 aliphatic heterocycles. The molecule has 0 fully saturated rings. The van der Waals surface area contributed by atoms with Crippen LogP contribution in [0.4, 0.5) is 0 Å². The highest BCUT2D eigenvalue weighted by Gasteiger charge is 2.23. The molecule has 0 saturated heterocycles. The van der Waals surface area contributed by atoms with Crippen LogP contribution in [-0.2, 0) is 0 Å². The van der Waals surface area contributed by atoms with Crippen LogP contribution in [0.5, 0.6) is 0 Å². The largest absolute Gasteiger partial charge is 0.456 e. The lowest BCUT2D eigenvalue weighted by Crippen LogP contribution is -2.02. The Labute approximate surface area is 282 Å². The van der Waals surface area contributed by atoms with Gasteiger partial charge in [0.25, 0.3) is 0 Å². The maximum atomic E-state index is 6.57. The molecule has 0 bridgehead atoms. The molecule has 0 atom stereocenters. The highest BCUT2D eigenvalue weighted by Crippen LogP contribution is 2.43. The van der Waals surface area contributed by atoms with Crippen molar-refractivity contribution in [2.24, 2.45) is 0 Å². The first-order valence-corrected chi connectivity index (χ1v) is 16.2. The number of rotatable bonds is 5. The summed E-state index contributed by atoms with van der Waals surface area (Å²) in [4.78, 5) is 15.8. The van der Waals surface area contributed by atoms with Crippen LogP contribution in [0, 0.1) is 0 Å². The minimum atomic E-state index is 0.560. The van der Waals surface area contributed by atoms with E-state index in [4.69, 9.17) is 31.0 Å². The van der Waals surface area contributed by atoms with Crippen LogP contribution in [0.25, 0.3) is 89.1 Å². The molecule has 0 aliphatic rings. The van der Waals surface area contributed by atoms with E-state index in [-0.39, 0.29) is 0 Å². The predicted molar refractivity (Wildman–Crippen MR) is 197 cm³/mol. The second kappa shape index (κ2) is 11.6. The van der Waals surface area contributed by atoms with Crippen LogP contribution >= 0.6 is 11.6 Å². The lowest BCUT2D eigenvalue weighted by molar-refractivity contribution is 0.669. The number of fused-ring (bicyclic) bond motifs is 4. The Morgan fingerprint density at radius 3 is 1.56 bits per heavy atom. The summed E-state index contributed by atoms with van der Waals surface area (Å²) in [5.41, 5.74) is 8.48. The summed E-state index contributed by atoms with van der Waals surface area (Å²) in [6.45, 7) is 0. The minimum Gasteiger partial charge on any atom is -0.456 e. The number of halogens is 1. The Hall–Kier alpha value is -6.10. The van der Waals surface area contributed by atoms with E-state index in [9.17, 15) is 0 Å². The van der Waals surface area contributed by atoms with Crippen LogP contribution in [0.3, 0.4) is 0 Å². The first kappa shape index (κ1) is 28.1. The molecule has 0 radical (unpaired) electrons. The molecular weight excluding hydrogens is 610 g/mol. The van der Waals surface area contributed by atoms with E-state index in [2.05, 4.69) is 103 Å². The van der Waals surface area contributed by atoms with E-state index in [0.29, 0.717) is 22.5 Å². The Kier molecular flexibility index (Phi) is 6.81. The molecule has 9 rings (SSSR count). The van der Waals surface area contributed by atoms with Crippen LogP contribution in [-0.4, -0.2) is 15.0 Å². The number of nitrogens with zero attached hydrogens (tertiary/aromatic N) is 3. The van der Waals surface area contributed by atoms with Crippen LogP contribution in [0.2, 0.25) is 5.02 Å². The van der Waals surface area contributed by atoms with Gasteiger partial charge in [-0.25, -0.2) is 15.0 Å². The van der Waals surface area contributed by atoms with E-state index in [1.165, 1.54) is 0 Å². The van der Waals surface area contributed by atoms with Gasteiger partial charge in [0.15, 0.2) is 17.5 Å². The Morgan fingerprint density at radius 1 is 0.417 bits per heavy atom. The average molecular weight is 636 g/mol. The Bertz CT molecular complexity index is 2530. The van der Waals surface area contributed by atoms with Gasteiger partial charge in [-0.2, -0.15) is 0 Å². The number of hydrogen-bond donors (Lipinski definition) is 0. The van der Waals surface area contributed by atoms with Crippen molar-refractivity contribution in [1.82, 2.24) is 15.0 Å². The minimum absolute atomic E-state index is 0.560. The highest BCUT2D eigenvalue weighted by atomic mass is 35.5. The molecule has 0 unspecified atom stereocenters. The van der Waals surface area contributed by atoms with Gasteiger partial charge < -0.3 is 4.42 Å². The van der Waals surface area contributed by atoms with Crippen molar-refractivity contribution in [2.45, 2.75) is 0 Å². The van der Waals surface area contributed by atoms with E-state index in [1.807, 2.05) is 54.6 Å². The lowest BCUT2D eigenvalue weighted by Gasteiger charge is -2.15. The van der Waals surface area contributed by atoms with Crippen molar-refractivity contribution in [1.29, 1.82) is 0 Å². The SMILES string of the molecule is Clc1ccc2oc3cc4ccccc4c(-c4nc(-c5ccccc5-c5ccccc5)nc(-c5ccccc5-c5ccccc5)n4)c3c2c1. The molecule has 2 aromatic heterocycles. The quantitative estimate of drug-likeness (QED) is 0.189. The maximum absolute atomic E-state index is 6.57. The monoisotopic (exact) mass is 635 g/mol. The van der Waals surface area contributed by atoms with E-state index >= 15 is 0 Å². The Morgan fingerprint density at radius 2 is 0.938 bits per heavy atom. The van der Waals surface area contributed by atoms with Crippen LogP contribution in [0.1, 0.15) is 0 Å². The third kappa shape index (κ3) is 4.82. The van der Waals surface area contributed by atoms with Gasteiger partial charge in [-0.3, -0.25) is 0 Å². The number of aromatic nitrogens is 3. The number of hydrogen-bond acceptors (Lipinski definition) is 4. The summed E-state index contributed by atoms with van der Waals surface area (Å²) in [6.07, 6.45) is 0. The van der Waals surface area contributed by atoms with Crippen molar-refractivity contribution < 1.29 is 4.42 Å². The number of furan rings is 1. The van der Waals surface area contributed by atoms with E-state index in [0.717, 1.165) is 71.7 Å². The van der Waals surface area contributed by atoms with Crippen molar-refractivity contribution in [3.8, 4) is 56.4 Å². The van der Waals surface area contributed by atoms with Gasteiger partial charge in [-0.05, 0) is 57.3 Å². The molecular formula is C43H26ClN3O. The van der Waals surface area contributed by atoms with Gasteiger partial charge in [-0.15, -0.1) is 0 Å². The van der Waals surface area contributed by atoms with Crippen molar-refractivity contribution in [3.63, 3.8) is 0 Å². The highest BCUT2D eigenvalue weighted by molar-refractivity contribution is 6.32. The molecule has 0 amide bonds. The fourth-order valence-electron chi connectivity index (χ4n) is 6.63. The molecule has 9 aromatic rings. The molecule has 226 valence electrons. The Balaban J connectivity index is 1.40. The fraction of sp³-hybridized carbons (Fsp3) is 0. The topological polar surface area (TPSA) is 51.8 Å². The molecule has 0 spiro atoms. The van der Waals surface area contributed by atoms with Crippen molar-refractivity contribution in [3.05, 3.63) is 163 Å². The summed E-state index contributed by atoms with van der Waals surface area (Å²) in [5, 5.41) is 4.51. The maximum Gasteiger partial charge on any atom is 0.165 e. The van der Waals surface area contributed by atoms with Gasteiger partial charge in [0.2, 0.25) is 0 Å². The van der Waals surface area contributed by atoms with Crippen molar-refractivity contribution in [2.75, 3.05) is 0 Å². The zero-order chi connectivity index (χ0) is 32.0. The third-order valence-corrected chi connectivity index (χ3v) is 9.04. The predicted octanol–water partition coefficient (Wildman–Crippen LogP) is 11.9. The third-order valence-electron chi connectivity index (χ3n) is 8.81. The van der Waals surface area contributed by atoms with Crippen molar-refractivity contribution >= 4 is 44.3 Å². The molecule has 4 nitrogen and oxygen atoms in total. The first-order valence-electron chi connectivity index (χ1n) is 15.8. The van der Waals surface area contributed by atoms with Gasteiger partial charge >= 0.3 is 0 Å². The summed E-state index contributed by atoms with van der Waals surface area (Å²) < 4.78 is 6.43. The van der Waals surface area contributed by atoms with Gasteiger partial charge in [0.05, 0.1) is 0 Å². The molecule has 0 N–H and O–H groups in total. The summed E-state index contributed by atoms with van der Waals surface area (Å²) in [7, 11) is 0. The normalized spacial score (nSPS) is 11.4. The summed E-state index contributed by atoms with van der Waals surface area (Å²) >= 11 is 6.57. The van der Waals surface area contributed by atoms with Gasteiger partial charge in [0, 0.05) is 32.5 Å². The second-order valence-electron chi connectivity index (χ2n) is 11.7. The second-order valence-corrected chi connectivity index (χ2v) is 12.2. The average Bonchev–Trinajstić information content (AvgIpc) is 3.51. The molecule has 0 saturated carbocycles. The molecule has 48 heavy (non-hydrogen) atoms. The molecule has 7 aromatic carbocycles. The fourth-order valence-corrected chi connectivity index (χ4v) is 6.80. The molecule has 2 heterocycles.